The number of rotatable bonds is 8. The fourth-order valence-corrected chi connectivity index (χ4v) is 5.42. The van der Waals surface area contributed by atoms with Crippen LogP contribution in [0.5, 0.6) is 0 Å². The Hall–Kier alpha value is -3.17. The molecule has 3 aromatic carbocycles. The lowest BCUT2D eigenvalue weighted by Gasteiger charge is -2.25. The van der Waals surface area contributed by atoms with Gasteiger partial charge in [0.15, 0.2) is 9.84 Å². The second-order valence-electron chi connectivity index (χ2n) is 8.29. The monoisotopic (exact) mass is 500 g/mol. The van der Waals surface area contributed by atoms with E-state index in [-0.39, 0.29) is 9.79 Å². The third-order valence-corrected chi connectivity index (χ3v) is 8.32. The average molecular weight is 501 g/mol. The second-order valence-corrected chi connectivity index (χ2v) is 12.2. The van der Waals surface area contributed by atoms with Crippen LogP contribution in [0.4, 0.5) is 5.69 Å². The van der Waals surface area contributed by atoms with Gasteiger partial charge < -0.3 is 5.32 Å². The molecule has 0 aliphatic heterocycles. The van der Waals surface area contributed by atoms with E-state index >= 15 is 0 Å². The van der Waals surface area contributed by atoms with Crippen LogP contribution in [0.3, 0.4) is 0 Å². The number of sulfone groups is 1. The number of aryl methyl sites for hydroxylation is 2. The number of carbonyl (C=O) groups excluding carboxylic acids is 1. The molecule has 0 saturated heterocycles. The molecular weight excluding hydrogens is 472 g/mol. The Balaban J connectivity index is 1.85. The summed E-state index contributed by atoms with van der Waals surface area (Å²) in [6.07, 6.45) is 1.13. The van der Waals surface area contributed by atoms with Crippen molar-refractivity contribution in [2.45, 2.75) is 36.6 Å². The average Bonchev–Trinajstić information content (AvgIpc) is 2.78. The maximum Gasteiger partial charge on any atom is 0.264 e. The lowest BCUT2D eigenvalue weighted by Crippen LogP contribution is -2.41. The molecule has 0 spiro atoms. The molecule has 0 radical (unpaired) electrons. The molecule has 0 aromatic heterocycles. The largest absolute Gasteiger partial charge is 0.348 e. The number of hydrogen-bond donors (Lipinski definition) is 1. The molecule has 0 aliphatic rings. The van der Waals surface area contributed by atoms with Gasteiger partial charge in [-0.2, -0.15) is 0 Å². The van der Waals surface area contributed by atoms with E-state index in [1.807, 2.05) is 13.8 Å². The molecule has 34 heavy (non-hydrogen) atoms. The fourth-order valence-electron chi connectivity index (χ4n) is 3.37. The van der Waals surface area contributed by atoms with Crippen molar-refractivity contribution >= 4 is 31.5 Å². The molecule has 0 fully saturated rings. The predicted molar refractivity (Wildman–Crippen MR) is 133 cm³/mol. The standard InChI is InChI=1S/C25H28N2O5S2/c1-18-5-11-22(12-6-18)27(34(31,32)24-13-7-19(2)8-14-24)17-25(28)26-20(3)21-9-15-23(16-10-21)33(4,29)30/h5-16,20H,17H2,1-4H3,(H,26,28). The summed E-state index contributed by atoms with van der Waals surface area (Å²) in [6.45, 7) is 5.10. The van der Waals surface area contributed by atoms with E-state index in [0.717, 1.165) is 21.7 Å². The highest BCUT2D eigenvalue weighted by atomic mass is 32.2. The summed E-state index contributed by atoms with van der Waals surface area (Å²) >= 11 is 0. The Morgan fingerprint density at radius 2 is 1.26 bits per heavy atom. The molecule has 9 heteroatoms. The lowest BCUT2D eigenvalue weighted by atomic mass is 10.1. The molecule has 0 aliphatic carbocycles. The van der Waals surface area contributed by atoms with Crippen molar-refractivity contribution < 1.29 is 21.6 Å². The van der Waals surface area contributed by atoms with Crippen molar-refractivity contribution in [3.8, 4) is 0 Å². The highest BCUT2D eigenvalue weighted by Gasteiger charge is 2.27. The first kappa shape index (κ1) is 25.5. The number of benzene rings is 3. The van der Waals surface area contributed by atoms with Crippen LogP contribution in [0.25, 0.3) is 0 Å². The predicted octanol–water partition coefficient (Wildman–Crippen LogP) is 3.78. The topological polar surface area (TPSA) is 101 Å². The summed E-state index contributed by atoms with van der Waals surface area (Å²) in [4.78, 5) is 13.2. The first-order valence-corrected chi connectivity index (χ1v) is 14.0. The Bertz CT molecular complexity index is 1360. The minimum absolute atomic E-state index is 0.0934. The van der Waals surface area contributed by atoms with Gasteiger partial charge in [-0.3, -0.25) is 9.10 Å². The van der Waals surface area contributed by atoms with Crippen LogP contribution >= 0.6 is 0 Å². The number of nitrogens with one attached hydrogen (secondary N) is 1. The van der Waals surface area contributed by atoms with Gasteiger partial charge >= 0.3 is 0 Å². The summed E-state index contributed by atoms with van der Waals surface area (Å²) in [6, 6.07) is 19.1. The van der Waals surface area contributed by atoms with Crippen LogP contribution in [0.2, 0.25) is 0 Å². The van der Waals surface area contributed by atoms with Crippen LogP contribution in [-0.4, -0.2) is 35.5 Å². The van der Waals surface area contributed by atoms with Crippen molar-refractivity contribution in [1.29, 1.82) is 0 Å². The van der Waals surface area contributed by atoms with Gasteiger partial charge in [-0.15, -0.1) is 0 Å². The van der Waals surface area contributed by atoms with E-state index in [1.54, 1.807) is 55.5 Å². The molecule has 1 atom stereocenters. The smallest absolute Gasteiger partial charge is 0.264 e. The normalized spacial score (nSPS) is 12.7. The van der Waals surface area contributed by atoms with Gasteiger partial charge in [0.1, 0.15) is 6.54 Å². The number of carbonyl (C=O) groups is 1. The molecule has 0 bridgehead atoms. The van der Waals surface area contributed by atoms with E-state index < -0.39 is 38.4 Å². The summed E-state index contributed by atoms with van der Waals surface area (Å²) in [7, 11) is -7.32. The molecule has 1 unspecified atom stereocenters. The van der Waals surface area contributed by atoms with Crippen LogP contribution in [0.1, 0.15) is 29.7 Å². The van der Waals surface area contributed by atoms with Crippen LogP contribution < -0.4 is 9.62 Å². The molecular formula is C25H28N2O5S2. The molecule has 180 valence electrons. The van der Waals surface area contributed by atoms with E-state index in [1.165, 1.54) is 24.3 Å². The summed E-state index contributed by atoms with van der Waals surface area (Å²) in [5.74, 6) is -0.490. The van der Waals surface area contributed by atoms with Gasteiger partial charge in [0, 0.05) is 6.26 Å². The maximum atomic E-state index is 13.4. The molecule has 1 amide bonds. The number of sulfonamides is 1. The molecule has 1 N–H and O–H groups in total. The van der Waals surface area contributed by atoms with Crippen LogP contribution in [0.15, 0.2) is 82.6 Å². The third kappa shape index (κ3) is 6.03. The summed E-state index contributed by atoms with van der Waals surface area (Å²) < 4.78 is 51.3. The molecule has 0 heterocycles. The maximum absolute atomic E-state index is 13.4. The van der Waals surface area contributed by atoms with Gasteiger partial charge in [0.25, 0.3) is 10.0 Å². The Morgan fingerprint density at radius 3 is 1.76 bits per heavy atom. The Morgan fingerprint density at radius 1 is 0.794 bits per heavy atom. The van der Waals surface area contributed by atoms with Crippen molar-refractivity contribution in [3.63, 3.8) is 0 Å². The van der Waals surface area contributed by atoms with Gasteiger partial charge in [-0.1, -0.05) is 47.5 Å². The zero-order valence-electron chi connectivity index (χ0n) is 19.5. The van der Waals surface area contributed by atoms with Gasteiger partial charge in [-0.25, -0.2) is 16.8 Å². The third-order valence-electron chi connectivity index (χ3n) is 5.40. The first-order chi connectivity index (χ1) is 15.9. The molecule has 0 saturated carbocycles. The van der Waals surface area contributed by atoms with Gasteiger partial charge in [0.2, 0.25) is 5.91 Å². The quantitative estimate of drug-likeness (QED) is 0.507. The highest BCUT2D eigenvalue weighted by Crippen LogP contribution is 2.25. The fraction of sp³-hybridized carbons (Fsp3) is 0.240. The van der Waals surface area contributed by atoms with Crippen LogP contribution in [-0.2, 0) is 24.7 Å². The second kappa shape index (κ2) is 9.99. The molecule has 3 aromatic rings. The Labute approximate surface area is 201 Å². The number of nitrogens with zero attached hydrogens (tertiary/aromatic N) is 1. The van der Waals surface area contributed by atoms with E-state index in [9.17, 15) is 21.6 Å². The summed E-state index contributed by atoms with van der Waals surface area (Å²) in [5, 5.41) is 2.80. The van der Waals surface area contributed by atoms with Gasteiger partial charge in [0.05, 0.1) is 21.5 Å². The van der Waals surface area contributed by atoms with Crippen molar-refractivity contribution in [1.82, 2.24) is 5.32 Å². The van der Waals surface area contributed by atoms with Crippen molar-refractivity contribution in [2.24, 2.45) is 0 Å². The molecule has 3 rings (SSSR count). The summed E-state index contributed by atoms with van der Waals surface area (Å²) in [5.41, 5.74) is 2.97. The number of anilines is 1. The Kier molecular flexibility index (Phi) is 7.48. The van der Waals surface area contributed by atoms with E-state index in [0.29, 0.717) is 11.3 Å². The SMILES string of the molecule is Cc1ccc(N(CC(=O)NC(C)c2ccc(S(C)(=O)=O)cc2)S(=O)(=O)c2ccc(C)cc2)cc1. The first-order valence-electron chi connectivity index (χ1n) is 10.6. The highest BCUT2D eigenvalue weighted by molar-refractivity contribution is 7.93. The van der Waals surface area contributed by atoms with E-state index in [2.05, 4.69) is 5.32 Å². The minimum Gasteiger partial charge on any atom is -0.348 e. The van der Waals surface area contributed by atoms with Crippen LogP contribution in [0, 0.1) is 13.8 Å². The zero-order valence-corrected chi connectivity index (χ0v) is 21.2. The minimum atomic E-state index is -4.00. The zero-order chi connectivity index (χ0) is 25.1. The van der Waals surface area contributed by atoms with Gasteiger partial charge in [-0.05, 0) is 62.7 Å². The van der Waals surface area contributed by atoms with E-state index in [4.69, 9.17) is 0 Å². The lowest BCUT2D eigenvalue weighted by molar-refractivity contribution is -0.120. The number of amides is 1. The molecule has 7 nitrogen and oxygen atoms in total. The van der Waals surface area contributed by atoms with Crippen molar-refractivity contribution in [3.05, 3.63) is 89.5 Å². The van der Waals surface area contributed by atoms with Crippen molar-refractivity contribution in [2.75, 3.05) is 17.1 Å². The number of hydrogen-bond acceptors (Lipinski definition) is 5.